The lowest BCUT2D eigenvalue weighted by Gasteiger charge is -2.19. The first kappa shape index (κ1) is 12.9. The first-order chi connectivity index (χ1) is 9.33. The molecule has 0 spiro atoms. The average molecular weight is 276 g/mol. The van der Waals surface area contributed by atoms with Gasteiger partial charge in [0, 0.05) is 12.6 Å². The van der Waals surface area contributed by atoms with Crippen molar-refractivity contribution in [2.24, 2.45) is 11.8 Å². The monoisotopic (exact) mass is 276 g/mol. The molecule has 0 aromatic carbocycles. The van der Waals surface area contributed by atoms with Gasteiger partial charge in [0.05, 0.1) is 4.88 Å². The molecule has 3 atom stereocenters. The standard InChI is InChI=1S/C15H20N2OS/c18-15(14-3-1-8-19-14)17-7-2-6-16-13-10-11-4-5-12(13)9-11/h1,3-5,8,11-13,16H,2,6-7,9-10H2,(H,17,18)/t11-,12+,13?/m0/s1. The van der Waals surface area contributed by atoms with Gasteiger partial charge in [0.1, 0.15) is 0 Å². The lowest BCUT2D eigenvalue weighted by molar-refractivity contribution is 0.0957. The Hall–Kier alpha value is -1.13. The molecule has 1 heterocycles. The van der Waals surface area contributed by atoms with Crippen LogP contribution in [0.4, 0.5) is 0 Å². The van der Waals surface area contributed by atoms with Gasteiger partial charge in [-0.15, -0.1) is 11.3 Å². The number of allylic oxidation sites excluding steroid dienone is 1. The molecule has 0 aliphatic heterocycles. The Morgan fingerprint density at radius 2 is 2.26 bits per heavy atom. The smallest absolute Gasteiger partial charge is 0.261 e. The highest BCUT2D eigenvalue weighted by atomic mass is 32.1. The molecule has 1 saturated carbocycles. The fourth-order valence-electron chi connectivity index (χ4n) is 3.09. The van der Waals surface area contributed by atoms with E-state index >= 15 is 0 Å². The van der Waals surface area contributed by atoms with Crippen molar-refractivity contribution >= 4 is 17.2 Å². The second-order valence-corrected chi connectivity index (χ2v) is 6.38. The van der Waals surface area contributed by atoms with Crippen LogP contribution in [-0.4, -0.2) is 25.0 Å². The van der Waals surface area contributed by atoms with Crippen LogP contribution in [0.2, 0.25) is 0 Å². The molecule has 2 aliphatic rings. The second kappa shape index (κ2) is 5.88. The molecule has 0 saturated heterocycles. The first-order valence-electron chi connectivity index (χ1n) is 7.06. The molecule has 3 rings (SSSR count). The summed E-state index contributed by atoms with van der Waals surface area (Å²) in [6.07, 6.45) is 8.36. The summed E-state index contributed by atoms with van der Waals surface area (Å²) in [7, 11) is 0. The Balaban J connectivity index is 1.29. The van der Waals surface area contributed by atoms with Gasteiger partial charge in [0.15, 0.2) is 0 Å². The van der Waals surface area contributed by atoms with E-state index in [4.69, 9.17) is 0 Å². The fraction of sp³-hybridized carbons (Fsp3) is 0.533. The number of fused-ring (bicyclic) bond motifs is 2. The molecule has 1 aromatic rings. The first-order valence-corrected chi connectivity index (χ1v) is 7.94. The van der Waals surface area contributed by atoms with Gasteiger partial charge in [0.25, 0.3) is 5.91 Å². The minimum Gasteiger partial charge on any atom is -0.351 e. The van der Waals surface area contributed by atoms with E-state index in [0.717, 1.165) is 36.2 Å². The third-order valence-corrected chi connectivity index (χ3v) is 4.94. The number of hydrogen-bond acceptors (Lipinski definition) is 3. The van der Waals surface area contributed by atoms with Crippen molar-refractivity contribution in [1.82, 2.24) is 10.6 Å². The van der Waals surface area contributed by atoms with Crippen molar-refractivity contribution in [1.29, 1.82) is 0 Å². The number of amides is 1. The van der Waals surface area contributed by atoms with Crippen LogP contribution >= 0.6 is 11.3 Å². The summed E-state index contributed by atoms with van der Waals surface area (Å²) in [5.74, 6) is 1.63. The van der Waals surface area contributed by atoms with Crippen molar-refractivity contribution in [2.45, 2.75) is 25.3 Å². The number of rotatable bonds is 6. The molecule has 1 amide bonds. The van der Waals surface area contributed by atoms with Crippen molar-refractivity contribution < 1.29 is 4.79 Å². The van der Waals surface area contributed by atoms with E-state index in [1.54, 1.807) is 0 Å². The molecule has 19 heavy (non-hydrogen) atoms. The van der Waals surface area contributed by atoms with Crippen LogP contribution in [0.15, 0.2) is 29.7 Å². The predicted molar refractivity (Wildman–Crippen MR) is 78.4 cm³/mol. The maximum atomic E-state index is 11.7. The number of thiophene rings is 1. The maximum Gasteiger partial charge on any atom is 0.261 e. The van der Waals surface area contributed by atoms with Crippen LogP contribution in [0.5, 0.6) is 0 Å². The zero-order valence-electron chi connectivity index (χ0n) is 11.0. The van der Waals surface area contributed by atoms with Crippen LogP contribution < -0.4 is 10.6 Å². The fourth-order valence-corrected chi connectivity index (χ4v) is 3.73. The van der Waals surface area contributed by atoms with Gasteiger partial charge in [-0.05, 0) is 49.1 Å². The minimum atomic E-state index is 0.0536. The average Bonchev–Trinajstić information content (AvgIpc) is 3.15. The lowest BCUT2D eigenvalue weighted by atomic mass is 10.0. The highest BCUT2D eigenvalue weighted by Gasteiger charge is 2.34. The predicted octanol–water partition coefficient (Wildman–Crippen LogP) is 2.42. The highest BCUT2D eigenvalue weighted by molar-refractivity contribution is 7.12. The molecule has 2 aliphatic carbocycles. The number of nitrogens with one attached hydrogen (secondary N) is 2. The van der Waals surface area contributed by atoms with Crippen molar-refractivity contribution in [3.8, 4) is 0 Å². The van der Waals surface area contributed by atoms with Crippen molar-refractivity contribution in [2.75, 3.05) is 13.1 Å². The molecule has 102 valence electrons. The van der Waals surface area contributed by atoms with E-state index in [1.165, 1.54) is 24.2 Å². The molecule has 3 nitrogen and oxygen atoms in total. The van der Waals surface area contributed by atoms with Crippen LogP contribution in [0.25, 0.3) is 0 Å². The molecular formula is C15H20N2OS. The van der Waals surface area contributed by atoms with E-state index in [1.807, 2.05) is 17.5 Å². The highest BCUT2D eigenvalue weighted by Crippen LogP contribution is 2.38. The van der Waals surface area contributed by atoms with Gasteiger partial charge < -0.3 is 10.6 Å². The molecule has 1 aromatic heterocycles. The summed E-state index contributed by atoms with van der Waals surface area (Å²) in [5, 5.41) is 8.51. The van der Waals surface area contributed by atoms with Gasteiger partial charge in [-0.25, -0.2) is 0 Å². The van der Waals surface area contributed by atoms with Gasteiger partial charge in [-0.2, -0.15) is 0 Å². The Bertz CT molecular complexity index is 455. The van der Waals surface area contributed by atoms with Gasteiger partial charge in [0.2, 0.25) is 0 Å². The van der Waals surface area contributed by atoms with E-state index in [2.05, 4.69) is 22.8 Å². The topological polar surface area (TPSA) is 41.1 Å². The molecule has 2 N–H and O–H groups in total. The summed E-state index contributed by atoms with van der Waals surface area (Å²) in [5.41, 5.74) is 0. The van der Waals surface area contributed by atoms with Crippen LogP contribution in [-0.2, 0) is 0 Å². The number of hydrogen-bond donors (Lipinski definition) is 2. The zero-order valence-corrected chi connectivity index (χ0v) is 11.8. The number of carbonyl (C=O) groups excluding carboxylic acids is 1. The second-order valence-electron chi connectivity index (χ2n) is 5.43. The lowest BCUT2D eigenvalue weighted by Crippen LogP contribution is -2.35. The summed E-state index contributed by atoms with van der Waals surface area (Å²) >= 11 is 1.49. The zero-order chi connectivity index (χ0) is 13.1. The van der Waals surface area contributed by atoms with Gasteiger partial charge in [-0.1, -0.05) is 18.2 Å². The summed E-state index contributed by atoms with van der Waals surface area (Å²) in [6, 6.07) is 4.44. The normalized spacial score (nSPS) is 27.9. The van der Waals surface area contributed by atoms with Crippen LogP contribution in [0.3, 0.4) is 0 Å². The third kappa shape index (κ3) is 3.07. The van der Waals surface area contributed by atoms with Crippen molar-refractivity contribution in [3.63, 3.8) is 0 Å². The van der Waals surface area contributed by atoms with Crippen molar-refractivity contribution in [3.05, 3.63) is 34.5 Å². The Kier molecular flexibility index (Phi) is 3.99. The van der Waals surface area contributed by atoms with Crippen LogP contribution in [0, 0.1) is 11.8 Å². The Morgan fingerprint density at radius 3 is 2.95 bits per heavy atom. The molecule has 0 radical (unpaired) electrons. The van der Waals surface area contributed by atoms with E-state index in [-0.39, 0.29) is 5.91 Å². The summed E-state index contributed by atoms with van der Waals surface area (Å²) in [6.45, 7) is 1.74. The molecule has 1 unspecified atom stereocenters. The van der Waals surface area contributed by atoms with E-state index in [0.29, 0.717) is 6.04 Å². The Morgan fingerprint density at radius 1 is 1.32 bits per heavy atom. The van der Waals surface area contributed by atoms with Gasteiger partial charge >= 0.3 is 0 Å². The molecule has 2 bridgehead atoms. The maximum absolute atomic E-state index is 11.7. The summed E-state index contributed by atoms with van der Waals surface area (Å²) < 4.78 is 0. The quantitative estimate of drug-likeness (QED) is 0.619. The van der Waals surface area contributed by atoms with E-state index < -0.39 is 0 Å². The molecule has 4 heteroatoms. The molecule has 1 fully saturated rings. The summed E-state index contributed by atoms with van der Waals surface area (Å²) in [4.78, 5) is 12.5. The molecular weight excluding hydrogens is 256 g/mol. The van der Waals surface area contributed by atoms with E-state index in [9.17, 15) is 4.79 Å². The van der Waals surface area contributed by atoms with Gasteiger partial charge in [-0.3, -0.25) is 4.79 Å². The largest absolute Gasteiger partial charge is 0.351 e. The number of carbonyl (C=O) groups is 1. The van der Waals surface area contributed by atoms with Crippen LogP contribution in [0.1, 0.15) is 28.9 Å². The minimum absolute atomic E-state index is 0.0536. The third-order valence-electron chi connectivity index (χ3n) is 4.07. The Labute approximate surface area is 118 Å². The SMILES string of the molecule is O=C(NCCCNC1C[C@H]2C=C[C@@H]1C2)c1cccs1.